The fourth-order valence-electron chi connectivity index (χ4n) is 1.67. The SMILES string of the molecule is COc1ncccc1COc1cncc(C#CCCO)c1. The van der Waals surface area contributed by atoms with E-state index in [0.29, 0.717) is 24.7 Å². The van der Waals surface area contributed by atoms with Gasteiger partial charge < -0.3 is 14.6 Å². The Morgan fingerprint density at radius 1 is 1.33 bits per heavy atom. The lowest BCUT2D eigenvalue weighted by Crippen LogP contribution is -2.00. The van der Waals surface area contributed by atoms with Gasteiger partial charge in [0.15, 0.2) is 0 Å². The van der Waals surface area contributed by atoms with Crippen molar-refractivity contribution < 1.29 is 14.6 Å². The highest BCUT2D eigenvalue weighted by Crippen LogP contribution is 2.17. The van der Waals surface area contributed by atoms with Crippen LogP contribution in [0.5, 0.6) is 11.6 Å². The number of hydrogen-bond acceptors (Lipinski definition) is 5. The molecule has 0 radical (unpaired) electrons. The highest BCUT2D eigenvalue weighted by molar-refractivity contribution is 5.37. The molecule has 2 aromatic heterocycles. The standard InChI is InChI=1S/C16H16N2O3/c1-20-16-14(6-4-7-18-16)12-21-15-9-13(10-17-11-15)5-2-3-8-19/h4,6-7,9-11,19H,3,8,12H2,1H3. The maximum Gasteiger partial charge on any atom is 0.219 e. The zero-order valence-electron chi connectivity index (χ0n) is 11.7. The van der Waals surface area contributed by atoms with Crippen LogP contribution in [0.2, 0.25) is 0 Å². The van der Waals surface area contributed by atoms with Gasteiger partial charge in [0.05, 0.1) is 25.5 Å². The third-order valence-corrected chi connectivity index (χ3v) is 2.62. The Bertz CT molecular complexity index is 647. The van der Waals surface area contributed by atoms with E-state index >= 15 is 0 Å². The summed E-state index contributed by atoms with van der Waals surface area (Å²) in [6.07, 6.45) is 5.39. The van der Waals surface area contributed by atoms with E-state index in [1.165, 1.54) is 0 Å². The summed E-state index contributed by atoms with van der Waals surface area (Å²) in [5.74, 6) is 6.93. The minimum atomic E-state index is 0.0530. The van der Waals surface area contributed by atoms with Gasteiger partial charge in [-0.05, 0) is 18.2 Å². The molecule has 5 nitrogen and oxygen atoms in total. The molecule has 0 aliphatic rings. The van der Waals surface area contributed by atoms with Crippen molar-refractivity contribution in [2.45, 2.75) is 13.0 Å². The predicted octanol–water partition coefficient (Wildman–Crippen LogP) is 1.80. The smallest absolute Gasteiger partial charge is 0.219 e. The molecular weight excluding hydrogens is 268 g/mol. The first kappa shape index (κ1) is 14.8. The van der Waals surface area contributed by atoms with Crippen LogP contribution in [0.4, 0.5) is 0 Å². The predicted molar refractivity (Wildman–Crippen MR) is 77.9 cm³/mol. The molecule has 0 bridgehead atoms. The van der Waals surface area contributed by atoms with Crippen LogP contribution in [0.25, 0.3) is 0 Å². The highest BCUT2D eigenvalue weighted by atomic mass is 16.5. The topological polar surface area (TPSA) is 64.5 Å². The first-order valence-corrected chi connectivity index (χ1v) is 6.49. The number of aromatic nitrogens is 2. The van der Waals surface area contributed by atoms with E-state index in [1.807, 2.05) is 12.1 Å². The maximum atomic E-state index is 8.70. The number of hydrogen-bond donors (Lipinski definition) is 1. The molecule has 108 valence electrons. The molecule has 1 N–H and O–H groups in total. The third kappa shape index (κ3) is 4.48. The second-order valence-electron chi connectivity index (χ2n) is 4.15. The Labute approximate surface area is 123 Å². The van der Waals surface area contributed by atoms with E-state index in [0.717, 1.165) is 11.1 Å². The van der Waals surface area contributed by atoms with Crippen molar-refractivity contribution in [2.24, 2.45) is 0 Å². The molecule has 5 heteroatoms. The Morgan fingerprint density at radius 3 is 3.05 bits per heavy atom. The van der Waals surface area contributed by atoms with E-state index in [1.54, 1.807) is 31.8 Å². The van der Waals surface area contributed by atoms with Crippen LogP contribution in [0.15, 0.2) is 36.8 Å². The summed E-state index contributed by atoms with van der Waals surface area (Å²) in [5.41, 5.74) is 1.61. The van der Waals surface area contributed by atoms with Crippen molar-refractivity contribution >= 4 is 0 Å². The van der Waals surface area contributed by atoms with Crippen LogP contribution < -0.4 is 9.47 Å². The quantitative estimate of drug-likeness (QED) is 0.848. The van der Waals surface area contributed by atoms with E-state index in [-0.39, 0.29) is 6.61 Å². The molecule has 0 aliphatic heterocycles. The molecule has 0 fully saturated rings. The summed E-state index contributed by atoms with van der Waals surface area (Å²) in [6.45, 7) is 0.392. The molecule has 0 saturated heterocycles. The summed E-state index contributed by atoms with van der Waals surface area (Å²) in [5, 5.41) is 8.70. The van der Waals surface area contributed by atoms with Gasteiger partial charge >= 0.3 is 0 Å². The summed E-state index contributed by atoms with van der Waals surface area (Å²) < 4.78 is 10.9. The zero-order valence-corrected chi connectivity index (χ0v) is 11.7. The van der Waals surface area contributed by atoms with Crippen LogP contribution in [0.3, 0.4) is 0 Å². The van der Waals surface area contributed by atoms with Gasteiger partial charge in [0.25, 0.3) is 0 Å². The highest BCUT2D eigenvalue weighted by Gasteiger charge is 2.04. The van der Waals surface area contributed by atoms with Crippen molar-refractivity contribution in [3.05, 3.63) is 47.9 Å². The normalized spacial score (nSPS) is 9.62. The number of aliphatic hydroxyl groups is 1. The monoisotopic (exact) mass is 284 g/mol. The molecule has 21 heavy (non-hydrogen) atoms. The number of ether oxygens (including phenoxy) is 2. The van der Waals surface area contributed by atoms with Gasteiger partial charge in [-0.3, -0.25) is 4.98 Å². The summed E-state index contributed by atoms with van der Waals surface area (Å²) in [6, 6.07) is 5.53. The van der Waals surface area contributed by atoms with Gasteiger partial charge in [-0.25, -0.2) is 4.98 Å². The Hall–Kier alpha value is -2.58. The van der Waals surface area contributed by atoms with Gasteiger partial charge in [0, 0.05) is 24.4 Å². The van der Waals surface area contributed by atoms with Crippen molar-refractivity contribution in [1.29, 1.82) is 0 Å². The molecule has 0 spiro atoms. The Morgan fingerprint density at radius 2 is 2.24 bits per heavy atom. The number of methoxy groups -OCH3 is 1. The van der Waals surface area contributed by atoms with Crippen LogP contribution >= 0.6 is 0 Å². The lowest BCUT2D eigenvalue weighted by Gasteiger charge is -2.08. The van der Waals surface area contributed by atoms with Crippen LogP contribution in [-0.4, -0.2) is 28.8 Å². The van der Waals surface area contributed by atoms with Crippen LogP contribution in [0.1, 0.15) is 17.5 Å². The van der Waals surface area contributed by atoms with Crippen LogP contribution in [0, 0.1) is 11.8 Å². The molecular formula is C16H16N2O3. The first-order chi connectivity index (χ1) is 10.3. The van der Waals surface area contributed by atoms with Gasteiger partial charge in [-0.1, -0.05) is 11.8 Å². The molecule has 0 atom stereocenters. The Balaban J connectivity index is 2.03. The number of rotatable bonds is 5. The maximum absolute atomic E-state index is 8.70. The van der Waals surface area contributed by atoms with E-state index < -0.39 is 0 Å². The molecule has 2 rings (SSSR count). The van der Waals surface area contributed by atoms with Gasteiger partial charge in [0.1, 0.15) is 12.4 Å². The molecule has 0 saturated carbocycles. The van der Waals surface area contributed by atoms with Gasteiger partial charge in [-0.2, -0.15) is 0 Å². The number of aliphatic hydroxyl groups excluding tert-OH is 1. The lowest BCUT2D eigenvalue weighted by atomic mass is 10.2. The van der Waals surface area contributed by atoms with Crippen molar-refractivity contribution in [3.8, 4) is 23.5 Å². The number of pyridine rings is 2. The molecule has 0 unspecified atom stereocenters. The minimum absolute atomic E-state index is 0.0530. The van der Waals surface area contributed by atoms with Crippen LogP contribution in [-0.2, 0) is 6.61 Å². The summed E-state index contributed by atoms with van der Waals surface area (Å²) in [4.78, 5) is 8.19. The minimum Gasteiger partial charge on any atom is -0.487 e. The van der Waals surface area contributed by atoms with Gasteiger partial charge in [-0.15, -0.1) is 0 Å². The molecule has 2 heterocycles. The first-order valence-electron chi connectivity index (χ1n) is 6.49. The molecule has 0 aromatic carbocycles. The van der Waals surface area contributed by atoms with E-state index in [2.05, 4.69) is 21.8 Å². The summed E-state index contributed by atoms with van der Waals surface area (Å²) >= 11 is 0. The van der Waals surface area contributed by atoms with Gasteiger partial charge in [0.2, 0.25) is 5.88 Å². The van der Waals surface area contributed by atoms with E-state index in [4.69, 9.17) is 14.6 Å². The second-order valence-corrected chi connectivity index (χ2v) is 4.15. The number of nitrogens with zero attached hydrogens (tertiary/aromatic N) is 2. The Kier molecular flexibility index (Phi) is 5.56. The van der Waals surface area contributed by atoms with Crippen molar-refractivity contribution in [2.75, 3.05) is 13.7 Å². The zero-order chi connectivity index (χ0) is 14.9. The van der Waals surface area contributed by atoms with E-state index in [9.17, 15) is 0 Å². The lowest BCUT2D eigenvalue weighted by molar-refractivity contribution is 0.292. The largest absolute Gasteiger partial charge is 0.487 e. The molecule has 0 amide bonds. The van der Waals surface area contributed by atoms with Crippen molar-refractivity contribution in [3.63, 3.8) is 0 Å². The molecule has 2 aromatic rings. The average Bonchev–Trinajstić information content (AvgIpc) is 2.54. The average molecular weight is 284 g/mol. The fraction of sp³-hybridized carbons (Fsp3) is 0.250. The summed E-state index contributed by atoms with van der Waals surface area (Å²) in [7, 11) is 1.57. The van der Waals surface area contributed by atoms with Crippen molar-refractivity contribution in [1.82, 2.24) is 9.97 Å². The second kappa shape index (κ2) is 7.88. The third-order valence-electron chi connectivity index (χ3n) is 2.62. The molecule has 0 aliphatic carbocycles. The fourth-order valence-corrected chi connectivity index (χ4v) is 1.67.